The lowest BCUT2D eigenvalue weighted by Gasteiger charge is -2.28. The normalized spacial score (nSPS) is 20.5. The van der Waals surface area contributed by atoms with Gasteiger partial charge in [0.1, 0.15) is 22.6 Å². The molecule has 2 heterocycles. The molecule has 0 spiro atoms. The molecule has 172 valence electrons. The molecule has 3 aliphatic rings. The van der Waals surface area contributed by atoms with Crippen molar-refractivity contribution in [1.82, 2.24) is 9.71 Å². The third-order valence-electron chi connectivity index (χ3n) is 5.75. The van der Waals surface area contributed by atoms with Gasteiger partial charge in [-0.1, -0.05) is 0 Å². The number of nitrogens with two attached hydrogens (primary N) is 1. The van der Waals surface area contributed by atoms with Crippen LogP contribution in [0, 0.1) is 17.8 Å². The van der Waals surface area contributed by atoms with Crippen LogP contribution in [0.15, 0.2) is 17.2 Å². The quantitative estimate of drug-likeness (QED) is 0.450. The minimum absolute atomic E-state index is 0.0776. The van der Waals surface area contributed by atoms with Crippen LogP contribution in [0.25, 0.3) is 0 Å². The molecule has 3 fully saturated rings. The molecule has 1 amide bonds. The maximum atomic E-state index is 12.7. The standard InChI is InChI=1S/C19H26F2N4O5S/c20-15(21)7-24-31(27,28)14-6-23-16(5-13(14)30-12-8-29-9-12)25-19(26)18(22)17(10-1-2-10)11-3-4-11/h5-6,10-12,15,17-18,24H,1-4,7-9,22H2,(H,23,25,26)/t18-/m0/s1. The lowest BCUT2D eigenvalue weighted by Crippen LogP contribution is -2.44. The average molecular weight is 461 g/mol. The summed E-state index contributed by atoms with van der Waals surface area (Å²) in [6.07, 6.45) is 2.08. The Morgan fingerprint density at radius 3 is 2.42 bits per heavy atom. The van der Waals surface area contributed by atoms with Crippen LogP contribution in [0.1, 0.15) is 25.7 Å². The van der Waals surface area contributed by atoms with Gasteiger partial charge in [-0.25, -0.2) is 26.9 Å². The molecule has 0 unspecified atom stereocenters. The minimum atomic E-state index is -4.29. The summed E-state index contributed by atoms with van der Waals surface area (Å²) in [4.78, 5) is 16.3. The third-order valence-corrected chi connectivity index (χ3v) is 7.18. The van der Waals surface area contributed by atoms with Crippen LogP contribution in [0.3, 0.4) is 0 Å². The first-order valence-electron chi connectivity index (χ1n) is 10.3. The van der Waals surface area contributed by atoms with Crippen molar-refractivity contribution in [3.63, 3.8) is 0 Å². The van der Waals surface area contributed by atoms with Crippen LogP contribution in [-0.2, 0) is 19.6 Å². The van der Waals surface area contributed by atoms with Gasteiger partial charge in [0.05, 0.1) is 32.0 Å². The Kier molecular flexibility index (Phi) is 6.42. The van der Waals surface area contributed by atoms with Crippen molar-refractivity contribution in [2.24, 2.45) is 23.5 Å². The van der Waals surface area contributed by atoms with E-state index in [4.69, 9.17) is 15.2 Å². The largest absolute Gasteiger partial charge is 0.484 e. The van der Waals surface area contributed by atoms with Crippen molar-refractivity contribution in [3.8, 4) is 5.75 Å². The van der Waals surface area contributed by atoms with Gasteiger partial charge in [0.2, 0.25) is 15.9 Å². The Bertz CT molecular complexity index is 908. The van der Waals surface area contributed by atoms with Crippen molar-refractivity contribution in [2.75, 3.05) is 25.1 Å². The highest BCUT2D eigenvalue weighted by atomic mass is 32.2. The van der Waals surface area contributed by atoms with Crippen molar-refractivity contribution in [3.05, 3.63) is 12.3 Å². The molecule has 4 rings (SSSR count). The number of nitrogens with zero attached hydrogens (tertiary/aromatic N) is 1. The summed E-state index contributed by atoms with van der Waals surface area (Å²) in [5.41, 5.74) is 6.24. The number of halogens is 2. The van der Waals surface area contributed by atoms with Gasteiger partial charge < -0.3 is 20.5 Å². The number of alkyl halides is 2. The minimum Gasteiger partial charge on any atom is -0.484 e. The number of aromatic nitrogens is 1. The second-order valence-electron chi connectivity index (χ2n) is 8.30. The van der Waals surface area contributed by atoms with E-state index in [9.17, 15) is 22.0 Å². The topological polar surface area (TPSA) is 133 Å². The Morgan fingerprint density at radius 2 is 1.90 bits per heavy atom. The van der Waals surface area contributed by atoms with Gasteiger partial charge in [0.25, 0.3) is 6.43 Å². The van der Waals surface area contributed by atoms with E-state index in [-0.39, 0.29) is 42.7 Å². The fourth-order valence-electron chi connectivity index (χ4n) is 3.82. The number of sulfonamides is 1. The Hall–Kier alpha value is -1.89. The number of hydrogen-bond acceptors (Lipinski definition) is 7. The van der Waals surface area contributed by atoms with Gasteiger partial charge in [-0.2, -0.15) is 0 Å². The highest BCUT2D eigenvalue weighted by Crippen LogP contribution is 2.50. The van der Waals surface area contributed by atoms with E-state index >= 15 is 0 Å². The number of ether oxygens (including phenoxy) is 2. The first-order valence-corrected chi connectivity index (χ1v) is 11.8. The van der Waals surface area contributed by atoms with Crippen LogP contribution in [0.5, 0.6) is 5.75 Å². The summed E-state index contributed by atoms with van der Waals surface area (Å²) >= 11 is 0. The molecule has 1 aliphatic heterocycles. The summed E-state index contributed by atoms with van der Waals surface area (Å²) in [6.45, 7) is -0.502. The molecule has 31 heavy (non-hydrogen) atoms. The molecule has 9 nitrogen and oxygen atoms in total. The molecule has 2 saturated carbocycles. The highest BCUT2D eigenvalue weighted by Gasteiger charge is 2.46. The van der Waals surface area contributed by atoms with Crippen molar-refractivity contribution in [1.29, 1.82) is 0 Å². The lowest BCUT2D eigenvalue weighted by atomic mass is 9.89. The number of rotatable bonds is 11. The van der Waals surface area contributed by atoms with Gasteiger partial charge in [0.15, 0.2) is 0 Å². The summed E-state index contributed by atoms with van der Waals surface area (Å²) in [7, 11) is -4.29. The summed E-state index contributed by atoms with van der Waals surface area (Å²) in [6, 6.07) is 0.589. The van der Waals surface area contributed by atoms with Gasteiger partial charge in [0, 0.05) is 6.07 Å². The summed E-state index contributed by atoms with van der Waals surface area (Å²) in [5.74, 6) is 0.685. The molecular formula is C19H26F2N4O5S. The monoisotopic (exact) mass is 460 g/mol. The molecule has 1 aromatic rings. The smallest absolute Gasteiger partial charge is 0.251 e. The zero-order valence-electron chi connectivity index (χ0n) is 16.8. The molecule has 2 aliphatic carbocycles. The Morgan fingerprint density at radius 1 is 1.26 bits per heavy atom. The van der Waals surface area contributed by atoms with Gasteiger partial charge in [-0.05, 0) is 43.4 Å². The van der Waals surface area contributed by atoms with Crippen LogP contribution in [-0.4, -0.2) is 57.6 Å². The van der Waals surface area contributed by atoms with Crippen LogP contribution >= 0.6 is 0 Å². The van der Waals surface area contributed by atoms with Gasteiger partial charge in [-0.15, -0.1) is 0 Å². The van der Waals surface area contributed by atoms with E-state index < -0.39 is 33.9 Å². The van der Waals surface area contributed by atoms with E-state index in [1.165, 1.54) is 6.07 Å². The number of carbonyl (C=O) groups excluding carboxylic acids is 1. The number of pyridine rings is 1. The zero-order valence-corrected chi connectivity index (χ0v) is 17.6. The number of nitrogens with one attached hydrogen (secondary N) is 2. The van der Waals surface area contributed by atoms with E-state index in [0.717, 1.165) is 31.9 Å². The number of carbonyl (C=O) groups is 1. The summed E-state index contributed by atoms with van der Waals surface area (Å²) < 4.78 is 62.3. The fraction of sp³-hybridized carbons (Fsp3) is 0.684. The molecule has 0 bridgehead atoms. The second kappa shape index (κ2) is 8.93. The first kappa shape index (κ1) is 22.3. The summed E-state index contributed by atoms with van der Waals surface area (Å²) in [5, 5.41) is 2.64. The second-order valence-corrected chi connectivity index (χ2v) is 10.0. The molecule has 12 heteroatoms. The zero-order chi connectivity index (χ0) is 22.2. The molecule has 4 N–H and O–H groups in total. The van der Waals surface area contributed by atoms with Gasteiger partial charge in [-0.3, -0.25) is 4.79 Å². The van der Waals surface area contributed by atoms with Crippen molar-refractivity contribution in [2.45, 2.75) is 49.2 Å². The van der Waals surface area contributed by atoms with E-state index in [2.05, 4.69) is 10.3 Å². The first-order chi connectivity index (χ1) is 14.7. The van der Waals surface area contributed by atoms with E-state index in [1.807, 2.05) is 4.72 Å². The van der Waals surface area contributed by atoms with Crippen LogP contribution in [0.2, 0.25) is 0 Å². The molecule has 0 aromatic carbocycles. The average Bonchev–Trinajstić information content (AvgIpc) is 3.58. The predicted molar refractivity (Wildman–Crippen MR) is 106 cm³/mol. The number of anilines is 1. The Labute approximate surface area is 179 Å². The highest BCUT2D eigenvalue weighted by molar-refractivity contribution is 7.89. The molecule has 0 radical (unpaired) electrons. The molecule has 1 aromatic heterocycles. The predicted octanol–water partition coefficient (Wildman–Crippen LogP) is 1.10. The number of amides is 1. The molecule has 1 saturated heterocycles. The maximum absolute atomic E-state index is 12.7. The van der Waals surface area contributed by atoms with Crippen molar-refractivity contribution >= 4 is 21.7 Å². The molecule has 1 atom stereocenters. The SMILES string of the molecule is N[C@H](C(=O)Nc1cc(OC2COC2)c(S(=O)(=O)NCC(F)F)cn1)C(C1CC1)C1CC1. The Balaban J connectivity index is 1.51. The van der Waals surface area contributed by atoms with Crippen LogP contribution in [0.4, 0.5) is 14.6 Å². The molecular weight excluding hydrogens is 434 g/mol. The fourth-order valence-corrected chi connectivity index (χ4v) is 4.88. The van der Waals surface area contributed by atoms with Crippen LogP contribution < -0.4 is 20.5 Å². The van der Waals surface area contributed by atoms with E-state index in [1.54, 1.807) is 0 Å². The maximum Gasteiger partial charge on any atom is 0.251 e. The lowest BCUT2D eigenvalue weighted by molar-refractivity contribution is -0.118. The van der Waals surface area contributed by atoms with E-state index in [0.29, 0.717) is 11.8 Å². The third kappa shape index (κ3) is 5.48. The number of hydrogen-bond donors (Lipinski definition) is 3. The van der Waals surface area contributed by atoms with Gasteiger partial charge >= 0.3 is 0 Å². The van der Waals surface area contributed by atoms with Crippen molar-refractivity contribution < 1.29 is 31.5 Å².